The van der Waals surface area contributed by atoms with Crippen LogP contribution in [-0.4, -0.2) is 37.4 Å². The first-order valence-corrected chi connectivity index (χ1v) is 11.8. The van der Waals surface area contributed by atoms with Crippen molar-refractivity contribution in [3.8, 4) is 16.9 Å². The van der Waals surface area contributed by atoms with Crippen molar-refractivity contribution in [1.82, 2.24) is 24.5 Å². The molecule has 2 aromatic carbocycles. The van der Waals surface area contributed by atoms with Gasteiger partial charge in [-0.2, -0.15) is 10.2 Å². The van der Waals surface area contributed by atoms with E-state index in [1.54, 1.807) is 4.90 Å². The minimum atomic E-state index is 0.0711. The molecule has 0 saturated heterocycles. The summed E-state index contributed by atoms with van der Waals surface area (Å²) >= 11 is 0. The van der Waals surface area contributed by atoms with Crippen LogP contribution in [0.5, 0.6) is 0 Å². The van der Waals surface area contributed by atoms with Gasteiger partial charge in [0.25, 0.3) is 0 Å². The van der Waals surface area contributed by atoms with E-state index in [0.717, 1.165) is 46.0 Å². The predicted octanol–water partition coefficient (Wildman–Crippen LogP) is 5.21. The summed E-state index contributed by atoms with van der Waals surface area (Å²) in [6.07, 6.45) is 2.37. The van der Waals surface area contributed by atoms with Gasteiger partial charge in [-0.15, -0.1) is 0 Å². The number of carbonyl (C=O) groups excluding carboxylic acids is 1. The number of para-hydroxylation sites is 1. The number of rotatable bonds is 8. The number of likely N-dealkylation sites (N-methyl/N-ethyl adjacent to an activating group) is 1. The summed E-state index contributed by atoms with van der Waals surface area (Å²) in [7, 11) is 1.86. The Kier molecular flexibility index (Phi) is 6.96. The van der Waals surface area contributed by atoms with Crippen molar-refractivity contribution < 1.29 is 4.79 Å². The minimum absolute atomic E-state index is 0.0711. The molecule has 0 bridgehead atoms. The van der Waals surface area contributed by atoms with Crippen molar-refractivity contribution in [3.63, 3.8) is 0 Å². The van der Waals surface area contributed by atoms with Crippen LogP contribution in [0.4, 0.5) is 0 Å². The van der Waals surface area contributed by atoms with Crippen LogP contribution < -0.4 is 0 Å². The topological polar surface area (TPSA) is 56.0 Å². The van der Waals surface area contributed by atoms with Crippen molar-refractivity contribution in [2.45, 2.75) is 47.2 Å². The molecule has 2 heterocycles. The van der Waals surface area contributed by atoms with Crippen LogP contribution in [0.1, 0.15) is 36.4 Å². The lowest BCUT2D eigenvalue weighted by Gasteiger charge is -2.17. The first-order chi connectivity index (χ1) is 16.3. The average molecular weight is 456 g/mol. The average Bonchev–Trinajstić information content (AvgIpc) is 3.36. The molecule has 0 aliphatic rings. The molecule has 0 N–H and O–H groups in total. The first-order valence-electron chi connectivity index (χ1n) is 11.8. The molecule has 4 rings (SSSR count). The molecule has 0 aliphatic heterocycles. The second kappa shape index (κ2) is 10.1. The van der Waals surface area contributed by atoms with Gasteiger partial charge in [-0.3, -0.25) is 9.48 Å². The number of nitrogens with zero attached hydrogens (tertiary/aromatic N) is 5. The lowest BCUT2D eigenvalue weighted by Crippen LogP contribution is -2.28. The van der Waals surface area contributed by atoms with Crippen molar-refractivity contribution in [2.24, 2.45) is 5.92 Å². The van der Waals surface area contributed by atoms with E-state index >= 15 is 0 Å². The summed E-state index contributed by atoms with van der Waals surface area (Å²) in [5.74, 6) is 0.573. The molecule has 0 radical (unpaired) electrons. The number of aromatic nitrogens is 4. The number of amides is 1. The van der Waals surface area contributed by atoms with Crippen molar-refractivity contribution in [1.29, 1.82) is 0 Å². The Morgan fingerprint density at radius 1 is 0.971 bits per heavy atom. The van der Waals surface area contributed by atoms with E-state index < -0.39 is 0 Å². The van der Waals surface area contributed by atoms with Gasteiger partial charge in [-0.05, 0) is 31.9 Å². The second-order valence-corrected chi connectivity index (χ2v) is 9.30. The quantitative estimate of drug-likeness (QED) is 0.366. The van der Waals surface area contributed by atoms with Gasteiger partial charge in [-0.1, -0.05) is 62.4 Å². The van der Waals surface area contributed by atoms with Crippen LogP contribution in [0, 0.1) is 19.8 Å². The van der Waals surface area contributed by atoms with Gasteiger partial charge in [0.2, 0.25) is 5.91 Å². The number of carbonyl (C=O) groups is 1. The number of hydrogen-bond donors (Lipinski definition) is 0. The summed E-state index contributed by atoms with van der Waals surface area (Å²) in [5, 5.41) is 9.54. The Morgan fingerprint density at radius 3 is 2.26 bits per heavy atom. The zero-order valence-corrected chi connectivity index (χ0v) is 20.7. The Balaban J connectivity index is 1.58. The second-order valence-electron chi connectivity index (χ2n) is 9.30. The van der Waals surface area contributed by atoms with Crippen LogP contribution in [0.2, 0.25) is 0 Å². The summed E-state index contributed by atoms with van der Waals surface area (Å²) < 4.78 is 3.92. The summed E-state index contributed by atoms with van der Waals surface area (Å²) in [6.45, 7) is 9.74. The summed E-state index contributed by atoms with van der Waals surface area (Å²) in [5.41, 5.74) is 6.96. The largest absolute Gasteiger partial charge is 0.341 e. The van der Waals surface area contributed by atoms with E-state index in [-0.39, 0.29) is 5.91 Å². The molecule has 34 heavy (non-hydrogen) atoms. The van der Waals surface area contributed by atoms with Gasteiger partial charge >= 0.3 is 0 Å². The van der Waals surface area contributed by atoms with Crippen molar-refractivity contribution >= 4 is 5.91 Å². The zero-order valence-electron chi connectivity index (χ0n) is 20.7. The number of hydrogen-bond acceptors (Lipinski definition) is 3. The van der Waals surface area contributed by atoms with Gasteiger partial charge in [-0.25, -0.2) is 4.68 Å². The molecule has 2 aromatic heterocycles. The third-order valence-electron chi connectivity index (χ3n) is 6.09. The highest BCUT2D eigenvalue weighted by Crippen LogP contribution is 2.25. The standard InChI is InChI=1S/C28H33N5O/c1-20(2)17-32-22(4)26(21(3)29-32)16-27(34)31(5)18-24-19-33(25-14-10-7-11-15-25)30-28(24)23-12-8-6-9-13-23/h6-15,19-20H,16-18H2,1-5H3. The first kappa shape index (κ1) is 23.5. The highest BCUT2D eigenvalue weighted by molar-refractivity contribution is 5.79. The molecular weight excluding hydrogens is 422 g/mol. The molecule has 176 valence electrons. The highest BCUT2D eigenvalue weighted by atomic mass is 16.2. The molecule has 1 amide bonds. The Labute approximate surface area is 201 Å². The van der Waals surface area contributed by atoms with E-state index in [2.05, 4.69) is 38.0 Å². The highest BCUT2D eigenvalue weighted by Gasteiger charge is 2.20. The van der Waals surface area contributed by atoms with Crippen molar-refractivity contribution in [2.75, 3.05) is 7.05 Å². The number of benzene rings is 2. The minimum Gasteiger partial charge on any atom is -0.341 e. The lowest BCUT2D eigenvalue weighted by atomic mass is 10.1. The van der Waals surface area contributed by atoms with Gasteiger partial charge < -0.3 is 4.90 Å². The Bertz CT molecular complexity index is 1250. The molecule has 0 unspecified atom stereocenters. The molecule has 0 aliphatic carbocycles. The smallest absolute Gasteiger partial charge is 0.227 e. The molecule has 6 nitrogen and oxygen atoms in total. The fourth-order valence-corrected chi connectivity index (χ4v) is 4.22. The van der Waals surface area contributed by atoms with E-state index in [9.17, 15) is 4.79 Å². The predicted molar refractivity (Wildman–Crippen MR) is 136 cm³/mol. The van der Waals surface area contributed by atoms with Crippen molar-refractivity contribution in [3.05, 3.63) is 89.4 Å². The normalized spacial score (nSPS) is 11.2. The van der Waals surface area contributed by atoms with E-state index in [0.29, 0.717) is 18.9 Å². The van der Waals surface area contributed by atoms with E-state index in [1.165, 1.54) is 0 Å². The molecule has 0 atom stereocenters. The van der Waals surface area contributed by atoms with Gasteiger partial charge in [0.1, 0.15) is 0 Å². The SMILES string of the molecule is Cc1nn(CC(C)C)c(C)c1CC(=O)N(C)Cc1cn(-c2ccccc2)nc1-c1ccccc1. The Hall–Kier alpha value is -3.67. The third kappa shape index (κ3) is 5.11. The molecule has 0 saturated carbocycles. The van der Waals surface area contributed by atoms with Gasteiger partial charge in [0.15, 0.2) is 0 Å². The fraction of sp³-hybridized carbons (Fsp3) is 0.321. The Morgan fingerprint density at radius 2 is 1.62 bits per heavy atom. The summed E-state index contributed by atoms with van der Waals surface area (Å²) in [4.78, 5) is 15.0. The third-order valence-corrected chi connectivity index (χ3v) is 6.09. The maximum atomic E-state index is 13.2. The molecule has 0 fully saturated rings. The van der Waals surface area contributed by atoms with Gasteiger partial charge in [0, 0.05) is 48.7 Å². The van der Waals surface area contributed by atoms with Crippen LogP contribution in [0.25, 0.3) is 16.9 Å². The van der Waals surface area contributed by atoms with Crippen LogP contribution in [-0.2, 0) is 24.3 Å². The molecular formula is C28H33N5O. The zero-order chi connectivity index (χ0) is 24.2. The maximum absolute atomic E-state index is 13.2. The molecule has 0 spiro atoms. The fourth-order valence-electron chi connectivity index (χ4n) is 4.22. The summed E-state index contributed by atoms with van der Waals surface area (Å²) in [6, 6.07) is 20.2. The monoisotopic (exact) mass is 455 g/mol. The van der Waals surface area contributed by atoms with Crippen LogP contribution >= 0.6 is 0 Å². The lowest BCUT2D eigenvalue weighted by molar-refractivity contribution is -0.129. The molecule has 6 heteroatoms. The maximum Gasteiger partial charge on any atom is 0.227 e. The molecule has 4 aromatic rings. The van der Waals surface area contributed by atoms with Gasteiger partial charge in [0.05, 0.1) is 23.5 Å². The van der Waals surface area contributed by atoms with E-state index in [1.807, 2.05) is 78.1 Å². The number of aryl methyl sites for hydroxylation is 1. The van der Waals surface area contributed by atoms with Crippen LogP contribution in [0.15, 0.2) is 66.9 Å². The van der Waals surface area contributed by atoms with Crippen LogP contribution in [0.3, 0.4) is 0 Å². The van der Waals surface area contributed by atoms with E-state index in [4.69, 9.17) is 5.10 Å².